The monoisotopic (exact) mass is 112 g/mol. The molecule has 8 heavy (non-hydrogen) atoms. The van der Waals surface area contributed by atoms with Gasteiger partial charge < -0.3 is 4.74 Å². The molecular formula is C7H12O. The first-order valence-electron chi connectivity index (χ1n) is 3.07. The van der Waals surface area contributed by atoms with Crippen molar-refractivity contribution < 1.29 is 4.74 Å². The molecule has 0 atom stereocenters. The molecular weight excluding hydrogens is 100 g/mol. The van der Waals surface area contributed by atoms with Gasteiger partial charge in [0.1, 0.15) is 0 Å². The van der Waals surface area contributed by atoms with E-state index in [1.54, 1.807) is 7.11 Å². The zero-order chi connectivity index (χ0) is 5.98. The van der Waals surface area contributed by atoms with Gasteiger partial charge >= 0.3 is 0 Å². The number of allylic oxidation sites excluding steroid dienone is 2. The number of rotatable bonds is 1. The molecule has 0 unspecified atom stereocenters. The third-order valence-corrected chi connectivity index (χ3v) is 1.68. The standard InChI is InChI=1S/C7H12O/c1-6-4-3-5-7(6)8-2/h3-5H2,1-2H3. The number of methoxy groups -OCH3 is 1. The van der Waals surface area contributed by atoms with Crippen molar-refractivity contribution in [3.63, 3.8) is 0 Å². The zero-order valence-electron chi connectivity index (χ0n) is 5.53. The van der Waals surface area contributed by atoms with Gasteiger partial charge in [-0.25, -0.2) is 0 Å². The molecule has 1 nitrogen and oxygen atoms in total. The van der Waals surface area contributed by atoms with Gasteiger partial charge in [-0.2, -0.15) is 0 Å². The van der Waals surface area contributed by atoms with Gasteiger partial charge in [-0.3, -0.25) is 0 Å². The fourth-order valence-corrected chi connectivity index (χ4v) is 1.14. The summed E-state index contributed by atoms with van der Waals surface area (Å²) >= 11 is 0. The summed E-state index contributed by atoms with van der Waals surface area (Å²) < 4.78 is 5.10. The van der Waals surface area contributed by atoms with E-state index in [-0.39, 0.29) is 0 Å². The normalized spacial score (nSPS) is 19.8. The van der Waals surface area contributed by atoms with Gasteiger partial charge in [-0.15, -0.1) is 0 Å². The highest BCUT2D eigenvalue weighted by molar-refractivity contribution is 5.10. The van der Waals surface area contributed by atoms with Crippen LogP contribution < -0.4 is 0 Å². The summed E-state index contributed by atoms with van der Waals surface area (Å²) in [5.74, 6) is 1.21. The topological polar surface area (TPSA) is 9.23 Å². The minimum atomic E-state index is 1.16. The second kappa shape index (κ2) is 2.21. The van der Waals surface area contributed by atoms with Crippen molar-refractivity contribution in [3.05, 3.63) is 11.3 Å². The van der Waals surface area contributed by atoms with E-state index >= 15 is 0 Å². The lowest BCUT2D eigenvalue weighted by Gasteiger charge is -1.98. The average Bonchev–Trinajstić information content (AvgIpc) is 2.14. The van der Waals surface area contributed by atoms with E-state index in [4.69, 9.17) is 4.74 Å². The molecule has 0 N–H and O–H groups in total. The summed E-state index contributed by atoms with van der Waals surface area (Å²) in [5, 5.41) is 0. The predicted molar refractivity (Wildman–Crippen MR) is 33.6 cm³/mol. The average molecular weight is 112 g/mol. The van der Waals surface area contributed by atoms with E-state index in [1.807, 2.05) is 0 Å². The molecule has 0 radical (unpaired) electrons. The summed E-state index contributed by atoms with van der Waals surface area (Å²) in [6.45, 7) is 2.14. The fourth-order valence-electron chi connectivity index (χ4n) is 1.14. The molecule has 0 bridgehead atoms. The first-order chi connectivity index (χ1) is 3.84. The van der Waals surface area contributed by atoms with Crippen molar-refractivity contribution in [3.8, 4) is 0 Å². The van der Waals surface area contributed by atoms with Crippen LogP contribution in [0, 0.1) is 0 Å². The van der Waals surface area contributed by atoms with E-state index in [1.165, 1.54) is 24.2 Å². The minimum absolute atomic E-state index is 1.16. The minimum Gasteiger partial charge on any atom is -0.501 e. The van der Waals surface area contributed by atoms with Crippen molar-refractivity contribution in [1.82, 2.24) is 0 Å². The number of hydrogen-bond acceptors (Lipinski definition) is 1. The smallest absolute Gasteiger partial charge is 0.0944 e. The van der Waals surface area contributed by atoms with Crippen LogP contribution in [0.5, 0.6) is 0 Å². The molecule has 0 spiro atoms. The Kier molecular flexibility index (Phi) is 1.56. The molecule has 0 aromatic heterocycles. The van der Waals surface area contributed by atoms with Crippen molar-refractivity contribution in [2.24, 2.45) is 0 Å². The van der Waals surface area contributed by atoms with E-state index in [0.717, 1.165) is 6.42 Å². The molecule has 46 valence electrons. The molecule has 0 fully saturated rings. The Balaban J connectivity index is 2.58. The lowest BCUT2D eigenvalue weighted by atomic mass is 10.3. The Hall–Kier alpha value is -0.460. The van der Waals surface area contributed by atoms with Crippen LogP contribution in [0.25, 0.3) is 0 Å². The SMILES string of the molecule is COC1=C(C)CCC1. The van der Waals surface area contributed by atoms with E-state index in [2.05, 4.69) is 6.92 Å². The second-order valence-electron chi connectivity index (χ2n) is 2.26. The van der Waals surface area contributed by atoms with Crippen LogP contribution in [0.4, 0.5) is 0 Å². The van der Waals surface area contributed by atoms with Crippen molar-refractivity contribution >= 4 is 0 Å². The lowest BCUT2D eigenvalue weighted by molar-refractivity contribution is 0.280. The lowest BCUT2D eigenvalue weighted by Crippen LogP contribution is -1.81. The Morgan fingerprint density at radius 2 is 2.12 bits per heavy atom. The van der Waals surface area contributed by atoms with Gasteiger partial charge in [0.15, 0.2) is 0 Å². The quantitative estimate of drug-likeness (QED) is 0.504. The summed E-state index contributed by atoms with van der Waals surface area (Å²) in [6, 6.07) is 0. The van der Waals surface area contributed by atoms with Gasteiger partial charge in [0.2, 0.25) is 0 Å². The van der Waals surface area contributed by atoms with Gasteiger partial charge in [0.25, 0.3) is 0 Å². The number of ether oxygens (including phenoxy) is 1. The summed E-state index contributed by atoms with van der Waals surface area (Å²) in [5.41, 5.74) is 1.44. The first kappa shape index (κ1) is 5.67. The van der Waals surface area contributed by atoms with Crippen LogP contribution in [0.15, 0.2) is 11.3 Å². The predicted octanol–water partition coefficient (Wildman–Crippen LogP) is 2.09. The molecule has 1 aliphatic rings. The maximum absolute atomic E-state index is 5.10. The Bertz CT molecular complexity index is 114. The third-order valence-electron chi connectivity index (χ3n) is 1.68. The number of hydrogen-bond donors (Lipinski definition) is 0. The van der Waals surface area contributed by atoms with Gasteiger partial charge in [0, 0.05) is 6.42 Å². The molecule has 0 aromatic carbocycles. The largest absolute Gasteiger partial charge is 0.501 e. The summed E-state index contributed by atoms with van der Waals surface area (Å²) in [6.07, 6.45) is 3.68. The van der Waals surface area contributed by atoms with Gasteiger partial charge in [0.05, 0.1) is 12.9 Å². The highest BCUT2D eigenvalue weighted by Gasteiger charge is 2.09. The van der Waals surface area contributed by atoms with E-state index in [0.29, 0.717) is 0 Å². The first-order valence-corrected chi connectivity index (χ1v) is 3.07. The molecule has 1 heteroatoms. The fraction of sp³-hybridized carbons (Fsp3) is 0.714. The molecule has 0 heterocycles. The van der Waals surface area contributed by atoms with Crippen molar-refractivity contribution in [2.45, 2.75) is 26.2 Å². The van der Waals surface area contributed by atoms with Crippen molar-refractivity contribution in [2.75, 3.05) is 7.11 Å². The van der Waals surface area contributed by atoms with Gasteiger partial charge in [-0.05, 0) is 25.3 Å². The maximum Gasteiger partial charge on any atom is 0.0944 e. The zero-order valence-corrected chi connectivity index (χ0v) is 5.53. The molecule has 0 aliphatic heterocycles. The molecule has 1 rings (SSSR count). The van der Waals surface area contributed by atoms with Crippen molar-refractivity contribution in [1.29, 1.82) is 0 Å². The van der Waals surface area contributed by atoms with E-state index < -0.39 is 0 Å². The van der Waals surface area contributed by atoms with Crippen LogP contribution >= 0.6 is 0 Å². The highest BCUT2D eigenvalue weighted by Crippen LogP contribution is 2.24. The van der Waals surface area contributed by atoms with E-state index in [9.17, 15) is 0 Å². The molecule has 0 saturated heterocycles. The molecule has 0 saturated carbocycles. The Morgan fingerprint density at radius 1 is 1.38 bits per heavy atom. The van der Waals surface area contributed by atoms with Crippen LogP contribution in [-0.2, 0) is 4.74 Å². The molecule has 0 amide bonds. The Labute approximate surface area is 50.3 Å². The summed E-state index contributed by atoms with van der Waals surface area (Å²) in [4.78, 5) is 0. The third kappa shape index (κ3) is 0.857. The molecule has 0 aromatic rings. The van der Waals surface area contributed by atoms with Crippen LogP contribution in [-0.4, -0.2) is 7.11 Å². The Morgan fingerprint density at radius 3 is 2.38 bits per heavy atom. The summed E-state index contributed by atoms with van der Waals surface area (Å²) in [7, 11) is 1.75. The molecule has 1 aliphatic carbocycles. The second-order valence-corrected chi connectivity index (χ2v) is 2.26. The highest BCUT2D eigenvalue weighted by atomic mass is 16.5. The van der Waals surface area contributed by atoms with Gasteiger partial charge in [-0.1, -0.05) is 0 Å². The van der Waals surface area contributed by atoms with Crippen LogP contribution in [0.2, 0.25) is 0 Å². The maximum atomic E-state index is 5.10. The van der Waals surface area contributed by atoms with Crippen LogP contribution in [0.1, 0.15) is 26.2 Å². The van der Waals surface area contributed by atoms with Crippen LogP contribution in [0.3, 0.4) is 0 Å².